The van der Waals surface area contributed by atoms with Crippen molar-refractivity contribution in [2.75, 3.05) is 26.2 Å². The van der Waals surface area contributed by atoms with Gasteiger partial charge in [-0.15, -0.1) is 12.4 Å². The molecule has 1 atom stereocenters. The quantitative estimate of drug-likeness (QED) is 0.885. The van der Waals surface area contributed by atoms with Crippen LogP contribution in [0.4, 0.5) is 0 Å². The summed E-state index contributed by atoms with van der Waals surface area (Å²) in [5.74, 6) is 0.804. The third-order valence-electron chi connectivity index (χ3n) is 4.28. The molecule has 1 aromatic carbocycles. The van der Waals surface area contributed by atoms with Crippen LogP contribution in [-0.4, -0.2) is 31.1 Å². The lowest BCUT2D eigenvalue weighted by molar-refractivity contribution is 0.194. The number of hydrogen-bond acceptors (Lipinski definition) is 2. The van der Waals surface area contributed by atoms with Gasteiger partial charge in [0.05, 0.1) is 10.0 Å². The van der Waals surface area contributed by atoms with Crippen LogP contribution in [-0.2, 0) is 13.0 Å². The first-order chi connectivity index (χ1) is 9.24. The minimum atomic E-state index is 0. The number of hydrogen-bond donors (Lipinski definition) is 1. The van der Waals surface area contributed by atoms with E-state index in [9.17, 15) is 0 Å². The summed E-state index contributed by atoms with van der Waals surface area (Å²) < 4.78 is 0. The van der Waals surface area contributed by atoms with E-state index in [1.165, 1.54) is 43.6 Å². The lowest BCUT2D eigenvalue weighted by Gasteiger charge is -2.34. The van der Waals surface area contributed by atoms with Gasteiger partial charge in [0.25, 0.3) is 0 Å². The molecule has 0 bridgehead atoms. The molecular formula is C15H21Cl3N2. The Labute approximate surface area is 137 Å². The van der Waals surface area contributed by atoms with Gasteiger partial charge in [-0.1, -0.05) is 29.3 Å². The van der Waals surface area contributed by atoms with Gasteiger partial charge in [-0.2, -0.15) is 0 Å². The molecule has 2 aliphatic rings. The summed E-state index contributed by atoms with van der Waals surface area (Å²) in [4.78, 5) is 2.56. The Bertz CT molecular complexity index is 459. The molecule has 1 unspecified atom stereocenters. The van der Waals surface area contributed by atoms with E-state index in [0.717, 1.165) is 30.5 Å². The lowest BCUT2D eigenvalue weighted by atomic mass is 9.95. The summed E-state index contributed by atoms with van der Waals surface area (Å²) in [7, 11) is 0. The first-order valence-corrected chi connectivity index (χ1v) is 7.88. The Hall–Kier alpha value is 0.01000. The van der Waals surface area contributed by atoms with Crippen LogP contribution < -0.4 is 5.32 Å². The Morgan fingerprint density at radius 1 is 1.30 bits per heavy atom. The molecule has 0 aliphatic carbocycles. The Morgan fingerprint density at radius 2 is 2.15 bits per heavy atom. The molecule has 2 heterocycles. The van der Waals surface area contributed by atoms with Gasteiger partial charge >= 0.3 is 0 Å². The fraction of sp³-hybridized carbons (Fsp3) is 0.600. The summed E-state index contributed by atoms with van der Waals surface area (Å²) >= 11 is 12.4. The number of rotatable bonds is 2. The third-order valence-corrected chi connectivity index (χ3v) is 5.12. The van der Waals surface area contributed by atoms with Crippen LogP contribution in [0, 0.1) is 5.92 Å². The molecule has 1 saturated heterocycles. The van der Waals surface area contributed by atoms with E-state index < -0.39 is 0 Å². The van der Waals surface area contributed by atoms with E-state index in [4.69, 9.17) is 23.2 Å². The maximum absolute atomic E-state index is 6.29. The number of fused-ring (bicyclic) bond motifs is 1. The van der Waals surface area contributed by atoms with Crippen molar-refractivity contribution in [3.05, 3.63) is 33.3 Å². The smallest absolute Gasteiger partial charge is 0.0628 e. The van der Waals surface area contributed by atoms with Crippen LogP contribution in [0.5, 0.6) is 0 Å². The van der Waals surface area contributed by atoms with Crippen LogP contribution in [0.15, 0.2) is 12.1 Å². The first-order valence-electron chi connectivity index (χ1n) is 7.13. The van der Waals surface area contributed by atoms with Crippen molar-refractivity contribution in [3.63, 3.8) is 0 Å². The van der Waals surface area contributed by atoms with E-state index >= 15 is 0 Å². The topological polar surface area (TPSA) is 15.3 Å². The maximum Gasteiger partial charge on any atom is 0.0628 e. The fourth-order valence-electron chi connectivity index (χ4n) is 3.24. The van der Waals surface area contributed by atoms with E-state index in [1.54, 1.807) is 0 Å². The third kappa shape index (κ3) is 3.61. The molecule has 1 N–H and O–H groups in total. The van der Waals surface area contributed by atoms with Crippen LogP contribution in [0.2, 0.25) is 10.0 Å². The molecule has 2 nitrogen and oxygen atoms in total. The summed E-state index contributed by atoms with van der Waals surface area (Å²) in [6.07, 6.45) is 3.70. The van der Waals surface area contributed by atoms with Crippen molar-refractivity contribution in [2.45, 2.75) is 25.8 Å². The monoisotopic (exact) mass is 334 g/mol. The second-order valence-corrected chi connectivity index (χ2v) is 6.48. The molecule has 0 amide bonds. The van der Waals surface area contributed by atoms with Crippen molar-refractivity contribution in [1.82, 2.24) is 10.2 Å². The Morgan fingerprint density at radius 3 is 2.90 bits per heavy atom. The van der Waals surface area contributed by atoms with Crippen molar-refractivity contribution in [3.8, 4) is 0 Å². The molecule has 0 radical (unpaired) electrons. The fourth-order valence-corrected chi connectivity index (χ4v) is 3.70. The molecule has 112 valence electrons. The minimum absolute atomic E-state index is 0. The number of benzene rings is 1. The molecule has 3 rings (SSSR count). The first kappa shape index (κ1) is 16.4. The molecule has 20 heavy (non-hydrogen) atoms. The van der Waals surface area contributed by atoms with E-state index in [0.29, 0.717) is 5.02 Å². The molecule has 0 saturated carbocycles. The Balaban J connectivity index is 0.00000147. The number of nitrogens with one attached hydrogen (secondary N) is 1. The molecule has 1 fully saturated rings. The van der Waals surface area contributed by atoms with Crippen LogP contribution in [0.1, 0.15) is 24.0 Å². The van der Waals surface area contributed by atoms with Crippen molar-refractivity contribution >= 4 is 35.6 Å². The zero-order valence-electron chi connectivity index (χ0n) is 11.5. The van der Waals surface area contributed by atoms with Gasteiger partial charge < -0.3 is 5.32 Å². The average molecular weight is 336 g/mol. The summed E-state index contributed by atoms with van der Waals surface area (Å²) in [5, 5.41) is 4.94. The molecule has 2 aliphatic heterocycles. The van der Waals surface area contributed by atoms with Gasteiger partial charge in [0, 0.05) is 19.6 Å². The number of halogens is 3. The summed E-state index contributed by atoms with van der Waals surface area (Å²) in [5.41, 5.74) is 2.61. The highest BCUT2D eigenvalue weighted by molar-refractivity contribution is 6.42. The van der Waals surface area contributed by atoms with Gasteiger partial charge in [0.15, 0.2) is 0 Å². The van der Waals surface area contributed by atoms with Crippen molar-refractivity contribution in [2.24, 2.45) is 5.92 Å². The largest absolute Gasteiger partial charge is 0.316 e. The number of nitrogens with zero attached hydrogens (tertiary/aromatic N) is 1. The van der Waals surface area contributed by atoms with E-state index in [2.05, 4.69) is 16.3 Å². The zero-order valence-corrected chi connectivity index (χ0v) is 13.8. The number of piperidine rings is 1. The van der Waals surface area contributed by atoms with Crippen molar-refractivity contribution in [1.29, 1.82) is 0 Å². The van der Waals surface area contributed by atoms with Crippen molar-refractivity contribution < 1.29 is 0 Å². The minimum Gasteiger partial charge on any atom is -0.316 e. The van der Waals surface area contributed by atoms with Gasteiger partial charge in [0.2, 0.25) is 0 Å². The molecule has 5 heteroatoms. The zero-order chi connectivity index (χ0) is 13.2. The van der Waals surface area contributed by atoms with Gasteiger partial charge in [-0.25, -0.2) is 0 Å². The van der Waals surface area contributed by atoms with Crippen LogP contribution in [0.3, 0.4) is 0 Å². The lowest BCUT2D eigenvalue weighted by Crippen LogP contribution is -2.40. The average Bonchev–Trinajstić information content (AvgIpc) is 2.44. The summed E-state index contributed by atoms with van der Waals surface area (Å²) in [6, 6.07) is 4.06. The second kappa shape index (κ2) is 7.33. The highest BCUT2D eigenvalue weighted by Crippen LogP contribution is 2.32. The normalized spacial score (nSPS) is 23.0. The maximum atomic E-state index is 6.29. The standard InChI is InChI=1S/C15H20Cl2N2.ClH/c16-14-4-3-12-10-19(7-5-13(12)15(14)17)9-11-2-1-6-18-8-11;/h3-4,11,18H,1-2,5-10H2;1H. The van der Waals surface area contributed by atoms with E-state index in [-0.39, 0.29) is 12.4 Å². The van der Waals surface area contributed by atoms with Crippen LogP contribution >= 0.6 is 35.6 Å². The SMILES string of the molecule is Cl.Clc1ccc2c(c1Cl)CCN(CC1CCCNC1)C2. The predicted octanol–water partition coefficient (Wildman–Crippen LogP) is 3.77. The van der Waals surface area contributed by atoms with Crippen LogP contribution in [0.25, 0.3) is 0 Å². The van der Waals surface area contributed by atoms with Gasteiger partial charge in [0.1, 0.15) is 0 Å². The highest BCUT2D eigenvalue weighted by Gasteiger charge is 2.22. The molecule has 0 spiro atoms. The summed E-state index contributed by atoms with van der Waals surface area (Å²) in [6.45, 7) is 5.68. The van der Waals surface area contributed by atoms with Gasteiger partial charge in [-0.05, 0) is 55.5 Å². The Kier molecular flexibility index (Phi) is 6.00. The molecule has 0 aromatic heterocycles. The highest BCUT2D eigenvalue weighted by atomic mass is 35.5. The molecule has 1 aromatic rings. The van der Waals surface area contributed by atoms with E-state index in [1.807, 2.05) is 6.07 Å². The predicted molar refractivity (Wildman–Crippen MR) is 88.3 cm³/mol. The van der Waals surface area contributed by atoms with Gasteiger partial charge in [-0.3, -0.25) is 4.90 Å². The second-order valence-electron chi connectivity index (χ2n) is 5.70. The molecular weight excluding hydrogens is 315 g/mol.